The Hall–Kier alpha value is -2.17. The van der Waals surface area contributed by atoms with Crippen LogP contribution >= 0.6 is 0 Å². The lowest BCUT2D eigenvalue weighted by molar-refractivity contribution is 0.174. The van der Waals surface area contributed by atoms with Gasteiger partial charge in [0.15, 0.2) is 11.5 Å². The first-order valence-electron chi connectivity index (χ1n) is 4.78. The van der Waals surface area contributed by atoms with Gasteiger partial charge in [-0.3, -0.25) is 4.79 Å². The molecule has 0 fully saturated rings. The molecule has 1 aliphatic heterocycles. The van der Waals surface area contributed by atoms with Crippen LogP contribution in [0, 0.1) is 0 Å². The van der Waals surface area contributed by atoms with E-state index < -0.39 is 0 Å². The zero-order valence-corrected chi connectivity index (χ0v) is 8.57. The predicted octanol–water partition coefficient (Wildman–Crippen LogP) is 1.27. The highest BCUT2D eigenvalue weighted by atomic mass is 16.7. The molecule has 1 aliphatic rings. The molecule has 3 rings (SSSR count). The van der Waals surface area contributed by atoms with Crippen molar-refractivity contribution in [3.63, 3.8) is 0 Å². The highest BCUT2D eigenvalue weighted by Crippen LogP contribution is 2.37. The van der Waals surface area contributed by atoms with Crippen LogP contribution in [0.5, 0.6) is 17.2 Å². The molecule has 0 radical (unpaired) electrons. The lowest BCUT2D eigenvalue weighted by Gasteiger charge is -2.05. The zero-order chi connectivity index (χ0) is 11.1. The van der Waals surface area contributed by atoms with Crippen molar-refractivity contribution in [1.29, 1.82) is 0 Å². The van der Waals surface area contributed by atoms with Crippen LogP contribution in [0.2, 0.25) is 0 Å². The number of ether oxygens (including phenoxy) is 3. The third kappa shape index (κ3) is 1.21. The molecule has 1 aromatic carbocycles. The Morgan fingerprint density at radius 2 is 2.00 bits per heavy atom. The standard InChI is InChI=1S/C11H9NO4/c1-14-8-4-11(13)12-7-3-10-9(2-6(7)8)15-5-16-10/h2-4H,5H2,1H3,(H,12,13). The Labute approximate surface area is 90.6 Å². The van der Waals surface area contributed by atoms with Gasteiger partial charge in [0.2, 0.25) is 6.79 Å². The van der Waals surface area contributed by atoms with E-state index in [2.05, 4.69) is 4.98 Å². The second-order valence-corrected chi connectivity index (χ2v) is 3.45. The van der Waals surface area contributed by atoms with Crippen LogP contribution in [0.25, 0.3) is 10.9 Å². The number of hydrogen-bond acceptors (Lipinski definition) is 4. The van der Waals surface area contributed by atoms with Crippen LogP contribution in [0.4, 0.5) is 0 Å². The second-order valence-electron chi connectivity index (χ2n) is 3.45. The first-order chi connectivity index (χ1) is 7.78. The van der Waals surface area contributed by atoms with Crippen LogP contribution < -0.4 is 19.8 Å². The fraction of sp³-hybridized carbons (Fsp3) is 0.182. The van der Waals surface area contributed by atoms with Crippen molar-refractivity contribution in [2.75, 3.05) is 13.9 Å². The van der Waals surface area contributed by atoms with E-state index in [1.54, 1.807) is 12.1 Å². The Kier molecular flexibility index (Phi) is 1.80. The molecule has 1 N–H and O–H groups in total. The zero-order valence-electron chi connectivity index (χ0n) is 8.57. The summed E-state index contributed by atoms with van der Waals surface area (Å²) in [5, 5.41) is 0.798. The first-order valence-corrected chi connectivity index (χ1v) is 4.78. The Morgan fingerprint density at radius 1 is 1.25 bits per heavy atom. The lowest BCUT2D eigenvalue weighted by Crippen LogP contribution is -2.04. The predicted molar refractivity (Wildman–Crippen MR) is 57.2 cm³/mol. The molecule has 2 heterocycles. The maximum atomic E-state index is 11.4. The van der Waals surface area contributed by atoms with E-state index in [1.165, 1.54) is 13.2 Å². The van der Waals surface area contributed by atoms with Crippen molar-refractivity contribution in [2.45, 2.75) is 0 Å². The van der Waals surface area contributed by atoms with E-state index in [-0.39, 0.29) is 12.4 Å². The topological polar surface area (TPSA) is 60.6 Å². The summed E-state index contributed by atoms with van der Waals surface area (Å²) >= 11 is 0. The maximum absolute atomic E-state index is 11.4. The molecule has 2 aromatic rings. The molecule has 0 spiro atoms. The van der Waals surface area contributed by atoms with E-state index in [0.717, 1.165) is 5.39 Å². The second kappa shape index (κ2) is 3.16. The summed E-state index contributed by atoms with van der Waals surface area (Å²) in [6, 6.07) is 4.94. The number of aromatic nitrogens is 1. The molecular weight excluding hydrogens is 210 g/mol. The number of benzene rings is 1. The molecule has 82 valence electrons. The van der Waals surface area contributed by atoms with Gasteiger partial charge < -0.3 is 19.2 Å². The average Bonchev–Trinajstić information content (AvgIpc) is 2.72. The molecule has 0 saturated heterocycles. The third-order valence-corrected chi connectivity index (χ3v) is 2.52. The highest BCUT2D eigenvalue weighted by Gasteiger charge is 2.16. The molecule has 0 bridgehead atoms. The average molecular weight is 219 g/mol. The maximum Gasteiger partial charge on any atom is 0.252 e. The SMILES string of the molecule is COc1cc(=O)[nH]c2cc3c(cc12)OCO3. The molecule has 0 saturated carbocycles. The number of aromatic amines is 1. The van der Waals surface area contributed by atoms with Crippen LogP contribution in [0.3, 0.4) is 0 Å². The molecule has 5 heteroatoms. The number of nitrogens with one attached hydrogen (secondary N) is 1. The minimum atomic E-state index is -0.205. The van der Waals surface area contributed by atoms with Crippen LogP contribution in [-0.2, 0) is 0 Å². The summed E-state index contributed by atoms with van der Waals surface area (Å²) in [5.41, 5.74) is 0.469. The van der Waals surface area contributed by atoms with Gasteiger partial charge in [-0.1, -0.05) is 0 Å². The first kappa shape index (κ1) is 9.08. The summed E-state index contributed by atoms with van der Waals surface area (Å²) < 4.78 is 15.7. The Balaban J connectivity index is 2.39. The van der Waals surface area contributed by atoms with Gasteiger partial charge in [-0.05, 0) is 6.07 Å². The summed E-state index contributed by atoms with van der Waals surface area (Å²) in [5.74, 6) is 1.83. The summed E-state index contributed by atoms with van der Waals surface area (Å²) in [4.78, 5) is 14.1. The fourth-order valence-electron chi connectivity index (χ4n) is 1.78. The van der Waals surface area contributed by atoms with Crippen LogP contribution in [0.1, 0.15) is 0 Å². The lowest BCUT2D eigenvalue weighted by atomic mass is 10.2. The van der Waals surface area contributed by atoms with Crippen molar-refractivity contribution in [1.82, 2.24) is 4.98 Å². The van der Waals surface area contributed by atoms with Gasteiger partial charge in [-0.15, -0.1) is 0 Å². The van der Waals surface area contributed by atoms with E-state index in [1.807, 2.05) is 0 Å². The van der Waals surface area contributed by atoms with Crippen molar-refractivity contribution in [3.8, 4) is 17.2 Å². The third-order valence-electron chi connectivity index (χ3n) is 2.52. The molecular formula is C11H9NO4. The van der Waals surface area contributed by atoms with Crippen molar-refractivity contribution < 1.29 is 14.2 Å². The van der Waals surface area contributed by atoms with Gasteiger partial charge in [-0.2, -0.15) is 0 Å². The van der Waals surface area contributed by atoms with Gasteiger partial charge >= 0.3 is 0 Å². The molecule has 0 atom stereocenters. The van der Waals surface area contributed by atoms with Crippen molar-refractivity contribution in [3.05, 3.63) is 28.6 Å². The molecule has 16 heavy (non-hydrogen) atoms. The molecule has 0 unspecified atom stereocenters. The van der Waals surface area contributed by atoms with Gasteiger partial charge in [-0.25, -0.2) is 0 Å². The molecule has 0 aliphatic carbocycles. The van der Waals surface area contributed by atoms with Gasteiger partial charge in [0.05, 0.1) is 12.6 Å². The van der Waals surface area contributed by atoms with Gasteiger partial charge in [0.1, 0.15) is 5.75 Å². The van der Waals surface area contributed by atoms with E-state index >= 15 is 0 Å². The minimum absolute atomic E-state index is 0.205. The van der Waals surface area contributed by atoms with E-state index in [0.29, 0.717) is 22.8 Å². The number of pyridine rings is 1. The fourth-order valence-corrected chi connectivity index (χ4v) is 1.78. The summed E-state index contributed by atoms with van der Waals surface area (Å²) in [6.45, 7) is 0.207. The monoisotopic (exact) mass is 219 g/mol. The molecule has 5 nitrogen and oxygen atoms in total. The minimum Gasteiger partial charge on any atom is -0.496 e. The quantitative estimate of drug-likeness (QED) is 0.784. The summed E-state index contributed by atoms with van der Waals surface area (Å²) in [7, 11) is 1.53. The van der Waals surface area contributed by atoms with Gasteiger partial charge in [0.25, 0.3) is 5.56 Å². The number of methoxy groups -OCH3 is 1. The van der Waals surface area contributed by atoms with Crippen LogP contribution in [-0.4, -0.2) is 18.9 Å². The van der Waals surface area contributed by atoms with E-state index in [9.17, 15) is 4.79 Å². The van der Waals surface area contributed by atoms with E-state index in [4.69, 9.17) is 14.2 Å². The Bertz CT molecular complexity index is 617. The van der Waals surface area contributed by atoms with Crippen LogP contribution in [0.15, 0.2) is 23.0 Å². The summed E-state index contributed by atoms with van der Waals surface area (Å²) in [6.07, 6.45) is 0. The Morgan fingerprint density at radius 3 is 2.75 bits per heavy atom. The van der Waals surface area contributed by atoms with Crippen molar-refractivity contribution in [2.24, 2.45) is 0 Å². The number of hydrogen-bond donors (Lipinski definition) is 1. The smallest absolute Gasteiger partial charge is 0.252 e. The molecule has 0 amide bonds. The number of H-pyrrole nitrogens is 1. The van der Waals surface area contributed by atoms with Gasteiger partial charge in [0, 0.05) is 17.5 Å². The largest absolute Gasteiger partial charge is 0.496 e. The normalized spacial score (nSPS) is 13.1. The molecule has 1 aromatic heterocycles. The van der Waals surface area contributed by atoms with Crippen molar-refractivity contribution >= 4 is 10.9 Å². The highest BCUT2D eigenvalue weighted by molar-refractivity contribution is 5.88. The number of fused-ring (bicyclic) bond motifs is 2. The number of rotatable bonds is 1.